The summed E-state index contributed by atoms with van der Waals surface area (Å²) in [6.07, 6.45) is -18.7. The van der Waals surface area contributed by atoms with Crippen molar-refractivity contribution in [1.29, 1.82) is 0 Å². The minimum Gasteiger partial charge on any atom is -0.394 e. The smallest absolute Gasteiger partial charge is 0.224 e. The van der Waals surface area contributed by atoms with Gasteiger partial charge in [0.2, 0.25) is 11.6 Å². The van der Waals surface area contributed by atoms with Crippen molar-refractivity contribution in [2.45, 2.75) is 78.9 Å². The van der Waals surface area contributed by atoms with E-state index in [0.29, 0.717) is 0 Å². The Morgan fingerprint density at radius 3 is 1.56 bits per heavy atom. The average molecular weight is 504 g/mol. The van der Waals surface area contributed by atoms with Gasteiger partial charge in [-0.25, -0.2) is 0 Å². The molecule has 3 fully saturated rings. The van der Waals surface area contributed by atoms with Crippen LogP contribution < -0.4 is 0 Å². The van der Waals surface area contributed by atoms with Gasteiger partial charge >= 0.3 is 0 Å². The summed E-state index contributed by atoms with van der Waals surface area (Å²) < 4.78 is 26.6. The molecule has 0 aliphatic carbocycles. The Balaban J connectivity index is 1.74. The summed E-state index contributed by atoms with van der Waals surface area (Å²) in [5.41, 5.74) is 0. The fourth-order valence-electron chi connectivity index (χ4n) is 4.14. The lowest BCUT2D eigenvalue weighted by Crippen LogP contribution is -2.63. The number of hydrogen-bond donors (Lipinski definition) is 11. The third-order valence-electron chi connectivity index (χ3n) is 6.29. The van der Waals surface area contributed by atoms with Gasteiger partial charge in [0, 0.05) is 0 Å². The number of aliphatic hydroxyl groups is 11. The van der Waals surface area contributed by atoms with Crippen LogP contribution in [0.2, 0.25) is 0 Å². The Morgan fingerprint density at radius 1 is 0.588 bits per heavy atom. The average Bonchev–Trinajstić information content (AvgIpc) is 3.24. The van der Waals surface area contributed by atoms with Gasteiger partial charge in [-0.05, 0) is 0 Å². The van der Waals surface area contributed by atoms with E-state index in [0.717, 1.165) is 0 Å². The largest absolute Gasteiger partial charge is 0.394 e. The molecule has 200 valence electrons. The van der Waals surface area contributed by atoms with Crippen molar-refractivity contribution in [3.63, 3.8) is 0 Å². The fraction of sp³-hybridized carbons (Fsp3) is 1.00. The molecule has 0 saturated carbocycles. The lowest BCUT2D eigenvalue weighted by atomic mass is 9.98. The second kappa shape index (κ2) is 10.8. The van der Waals surface area contributed by atoms with Crippen molar-refractivity contribution in [2.75, 3.05) is 33.0 Å². The van der Waals surface area contributed by atoms with Gasteiger partial charge in [0.15, 0.2) is 6.29 Å². The van der Waals surface area contributed by atoms with Gasteiger partial charge in [-0.3, -0.25) is 0 Å². The Bertz CT molecular complexity index is 668. The van der Waals surface area contributed by atoms with Crippen LogP contribution >= 0.6 is 0 Å². The van der Waals surface area contributed by atoms with Crippen LogP contribution in [0.5, 0.6) is 0 Å². The quantitative estimate of drug-likeness (QED) is 0.139. The highest BCUT2D eigenvalue weighted by Crippen LogP contribution is 2.37. The molecule has 0 aromatic carbocycles. The molecule has 3 saturated heterocycles. The summed E-state index contributed by atoms with van der Waals surface area (Å²) in [5.74, 6) is -4.59. The minimum atomic E-state index is -2.37. The third kappa shape index (κ3) is 4.71. The molecule has 0 radical (unpaired) electrons. The fourth-order valence-corrected chi connectivity index (χ4v) is 4.14. The molecule has 3 rings (SSSR count). The number of aliphatic hydroxyl groups excluding tert-OH is 11. The van der Waals surface area contributed by atoms with Crippen LogP contribution in [0.15, 0.2) is 0 Å². The van der Waals surface area contributed by atoms with Crippen LogP contribution in [0.25, 0.3) is 0 Å². The van der Waals surface area contributed by atoms with Crippen LogP contribution in [-0.2, 0) is 23.7 Å². The number of rotatable bonds is 9. The molecule has 13 atom stereocenters. The van der Waals surface area contributed by atoms with E-state index in [1.54, 1.807) is 0 Å². The van der Waals surface area contributed by atoms with Crippen LogP contribution in [0, 0.1) is 0 Å². The van der Waals surface area contributed by atoms with E-state index in [1.807, 2.05) is 0 Å². The summed E-state index contributed by atoms with van der Waals surface area (Å²) >= 11 is 0. The van der Waals surface area contributed by atoms with Gasteiger partial charge < -0.3 is 79.9 Å². The molecule has 3 aliphatic rings. The predicted molar refractivity (Wildman–Crippen MR) is 101 cm³/mol. The predicted octanol–water partition coefficient (Wildman–Crippen LogP) is -7.57. The molecule has 0 aromatic rings. The van der Waals surface area contributed by atoms with Gasteiger partial charge in [0.25, 0.3) is 0 Å². The maximum atomic E-state index is 10.3. The molecule has 0 amide bonds. The lowest BCUT2D eigenvalue weighted by molar-refractivity contribution is -0.389. The SMILES string of the molecule is OC[C@H]1O[C@](CO)(OC[C@H]2O[C@H](O[C@]3(CO)O[C@H](CO)[C@@H](O)[C@@H]3O)[C@H](O)[C@@H](O)[C@@H]2O)[C@@H](O)[C@@H]1O. The first kappa shape index (κ1) is 27.9. The van der Waals surface area contributed by atoms with E-state index in [4.69, 9.17) is 23.7 Å². The molecular formula is C18H32O16. The first-order valence-electron chi connectivity index (χ1n) is 10.5. The highest BCUT2D eigenvalue weighted by Gasteiger charge is 2.59. The summed E-state index contributed by atoms with van der Waals surface area (Å²) in [6, 6.07) is 0. The van der Waals surface area contributed by atoms with Gasteiger partial charge in [-0.2, -0.15) is 0 Å². The monoisotopic (exact) mass is 504 g/mol. The van der Waals surface area contributed by atoms with Crippen LogP contribution in [0.4, 0.5) is 0 Å². The molecule has 16 nitrogen and oxygen atoms in total. The van der Waals surface area contributed by atoms with Crippen molar-refractivity contribution in [1.82, 2.24) is 0 Å². The van der Waals surface area contributed by atoms with E-state index in [-0.39, 0.29) is 0 Å². The molecule has 3 heterocycles. The van der Waals surface area contributed by atoms with Crippen molar-refractivity contribution >= 4 is 0 Å². The standard InChI is InChI=1S/C18H32O16/c19-1-6-10(24)14(28)17(4-21,32-6)30-3-8-9(23)12(26)13(27)16(31-8)34-18(5-22)15(29)11(25)7(2-20)33-18/h6-16,19-29H,1-5H2/t6-,7-,8-,9-,10-,11-,12+,13-,14+,15+,16-,17+,18+/m1/s1. The zero-order valence-electron chi connectivity index (χ0n) is 17.8. The first-order chi connectivity index (χ1) is 16.0. The normalized spacial score (nSPS) is 51.8. The Kier molecular flexibility index (Phi) is 8.85. The van der Waals surface area contributed by atoms with E-state index >= 15 is 0 Å². The van der Waals surface area contributed by atoms with Gasteiger partial charge in [-0.1, -0.05) is 0 Å². The summed E-state index contributed by atoms with van der Waals surface area (Å²) in [7, 11) is 0. The van der Waals surface area contributed by atoms with Crippen LogP contribution in [0.1, 0.15) is 0 Å². The molecule has 11 N–H and O–H groups in total. The molecule has 34 heavy (non-hydrogen) atoms. The zero-order valence-corrected chi connectivity index (χ0v) is 17.8. The highest BCUT2D eigenvalue weighted by atomic mass is 16.8. The number of hydrogen-bond acceptors (Lipinski definition) is 16. The first-order valence-corrected chi connectivity index (χ1v) is 10.5. The summed E-state index contributed by atoms with van der Waals surface area (Å²) in [4.78, 5) is 0. The van der Waals surface area contributed by atoms with E-state index in [1.165, 1.54) is 0 Å². The van der Waals surface area contributed by atoms with Crippen molar-refractivity contribution in [2.24, 2.45) is 0 Å². The zero-order chi connectivity index (χ0) is 25.4. The molecule has 0 unspecified atom stereocenters. The van der Waals surface area contributed by atoms with Crippen LogP contribution in [0.3, 0.4) is 0 Å². The third-order valence-corrected chi connectivity index (χ3v) is 6.29. The molecule has 0 bridgehead atoms. The maximum Gasteiger partial charge on any atom is 0.224 e. The van der Waals surface area contributed by atoms with Gasteiger partial charge in [-0.15, -0.1) is 0 Å². The van der Waals surface area contributed by atoms with Crippen molar-refractivity contribution in [3.05, 3.63) is 0 Å². The topological polar surface area (TPSA) is 269 Å². The van der Waals surface area contributed by atoms with E-state index < -0.39 is 112 Å². The molecule has 16 heteroatoms. The maximum absolute atomic E-state index is 10.3. The molecular weight excluding hydrogens is 472 g/mol. The number of ether oxygens (including phenoxy) is 5. The molecule has 0 aromatic heterocycles. The van der Waals surface area contributed by atoms with Crippen LogP contribution in [-0.4, -0.2) is 168 Å². The van der Waals surface area contributed by atoms with E-state index in [2.05, 4.69) is 0 Å². The Hall–Kier alpha value is -0.640. The van der Waals surface area contributed by atoms with Gasteiger partial charge in [0.05, 0.1) is 19.8 Å². The lowest BCUT2D eigenvalue weighted by Gasteiger charge is -2.44. The molecule has 3 aliphatic heterocycles. The highest BCUT2D eigenvalue weighted by molar-refractivity contribution is 4.99. The van der Waals surface area contributed by atoms with Crippen molar-refractivity contribution in [3.8, 4) is 0 Å². The Morgan fingerprint density at radius 2 is 1.09 bits per heavy atom. The van der Waals surface area contributed by atoms with Crippen molar-refractivity contribution < 1.29 is 79.9 Å². The summed E-state index contributed by atoms with van der Waals surface area (Å²) in [6.45, 7) is -4.23. The Labute approximate surface area is 192 Å². The second-order valence-electron chi connectivity index (χ2n) is 8.43. The minimum absolute atomic E-state index is 0.709. The summed E-state index contributed by atoms with van der Waals surface area (Å²) in [5, 5.41) is 109. The molecule has 0 spiro atoms. The second-order valence-corrected chi connectivity index (χ2v) is 8.43. The van der Waals surface area contributed by atoms with Gasteiger partial charge in [0.1, 0.15) is 74.3 Å². The van der Waals surface area contributed by atoms with E-state index in [9.17, 15) is 56.2 Å².